The van der Waals surface area contributed by atoms with Crippen LogP contribution in [0, 0.1) is 0 Å². The monoisotopic (exact) mass is 348 g/mol. The Labute approximate surface area is 127 Å². The van der Waals surface area contributed by atoms with E-state index in [0.29, 0.717) is 6.92 Å². The van der Waals surface area contributed by atoms with Crippen molar-refractivity contribution in [3.8, 4) is 5.75 Å². The number of ether oxygens (including phenoxy) is 1. The lowest BCUT2D eigenvalue weighted by molar-refractivity contribution is -0.352. The number of rotatable bonds is 5. The van der Waals surface area contributed by atoms with Crippen molar-refractivity contribution in [2.24, 2.45) is 0 Å². The van der Waals surface area contributed by atoms with Gasteiger partial charge in [-0.15, -0.1) is 0 Å². The minimum Gasteiger partial charge on any atom is -0.493 e. The highest BCUT2D eigenvalue weighted by atomic mass is 19.4. The highest BCUT2D eigenvalue weighted by molar-refractivity contribution is 5.38. The van der Waals surface area contributed by atoms with E-state index in [-0.39, 0.29) is 17.9 Å². The molecule has 0 amide bonds. The lowest BCUT2D eigenvalue weighted by atomic mass is 9.83. The number of hydrogen-bond acceptors (Lipinski definition) is 2. The zero-order valence-corrected chi connectivity index (χ0v) is 12.2. The van der Waals surface area contributed by atoms with Crippen molar-refractivity contribution in [3.05, 3.63) is 29.8 Å². The van der Waals surface area contributed by atoms with Gasteiger partial charge < -0.3 is 9.84 Å². The Bertz CT molecular complexity index is 521. The molecule has 0 bridgehead atoms. The molecule has 0 fully saturated rings. The zero-order valence-electron chi connectivity index (χ0n) is 12.2. The standard InChI is InChI=1S/C14H15F7O2/c1-3-23-10-7-5-4-6-9(10)11(2,22)8-12(15,13(16,17)18)14(19,20)21/h4-7,22H,3,8H2,1-2H3. The third-order valence-electron chi connectivity index (χ3n) is 3.25. The summed E-state index contributed by atoms with van der Waals surface area (Å²) in [4.78, 5) is 0. The molecule has 132 valence electrons. The van der Waals surface area contributed by atoms with Gasteiger partial charge in [-0.05, 0) is 19.9 Å². The van der Waals surface area contributed by atoms with E-state index in [0.717, 1.165) is 6.07 Å². The van der Waals surface area contributed by atoms with Crippen LogP contribution in [0.3, 0.4) is 0 Å². The first-order valence-electron chi connectivity index (χ1n) is 6.53. The molecular formula is C14H15F7O2. The molecule has 0 saturated heterocycles. The number of aliphatic hydroxyl groups is 1. The molecule has 0 aliphatic heterocycles. The Morgan fingerprint density at radius 3 is 1.87 bits per heavy atom. The molecule has 23 heavy (non-hydrogen) atoms. The number of benzene rings is 1. The minimum absolute atomic E-state index is 0.0619. The predicted molar refractivity (Wildman–Crippen MR) is 67.7 cm³/mol. The molecule has 1 N–H and O–H groups in total. The summed E-state index contributed by atoms with van der Waals surface area (Å²) in [5, 5.41) is 10.1. The van der Waals surface area contributed by atoms with Gasteiger partial charge in [-0.3, -0.25) is 0 Å². The van der Waals surface area contributed by atoms with Crippen molar-refractivity contribution in [1.29, 1.82) is 0 Å². The van der Waals surface area contributed by atoms with E-state index in [1.54, 1.807) is 0 Å². The topological polar surface area (TPSA) is 29.5 Å². The van der Waals surface area contributed by atoms with Gasteiger partial charge in [0.15, 0.2) is 0 Å². The molecule has 2 nitrogen and oxygen atoms in total. The number of halogens is 7. The Hall–Kier alpha value is -1.51. The SMILES string of the molecule is CCOc1ccccc1C(C)(O)CC(F)(C(F)(F)F)C(F)(F)F. The van der Waals surface area contributed by atoms with Crippen molar-refractivity contribution in [2.45, 2.75) is 43.9 Å². The second kappa shape index (κ2) is 6.18. The summed E-state index contributed by atoms with van der Waals surface area (Å²) in [5.41, 5.74) is -8.67. The Morgan fingerprint density at radius 2 is 1.43 bits per heavy atom. The fourth-order valence-corrected chi connectivity index (χ4v) is 2.12. The van der Waals surface area contributed by atoms with E-state index in [4.69, 9.17) is 4.74 Å². The molecule has 0 aliphatic rings. The summed E-state index contributed by atoms with van der Waals surface area (Å²) in [5.74, 6) is -0.119. The van der Waals surface area contributed by atoms with E-state index in [2.05, 4.69) is 0 Å². The highest BCUT2D eigenvalue weighted by Crippen LogP contribution is 2.52. The Balaban J connectivity index is 3.33. The second-order valence-electron chi connectivity index (χ2n) is 5.18. The lowest BCUT2D eigenvalue weighted by Crippen LogP contribution is -2.56. The van der Waals surface area contributed by atoms with Gasteiger partial charge in [0.2, 0.25) is 0 Å². The summed E-state index contributed by atoms with van der Waals surface area (Å²) in [7, 11) is 0. The van der Waals surface area contributed by atoms with E-state index < -0.39 is 30.0 Å². The molecule has 1 atom stereocenters. The van der Waals surface area contributed by atoms with Crippen LogP contribution in [-0.2, 0) is 5.60 Å². The van der Waals surface area contributed by atoms with E-state index in [9.17, 15) is 35.8 Å². The van der Waals surface area contributed by atoms with E-state index >= 15 is 0 Å². The number of para-hydroxylation sites is 1. The molecule has 0 aliphatic carbocycles. The normalized spacial score (nSPS) is 16.1. The number of alkyl halides is 7. The maximum absolute atomic E-state index is 13.9. The molecule has 9 heteroatoms. The van der Waals surface area contributed by atoms with Crippen LogP contribution >= 0.6 is 0 Å². The largest absolute Gasteiger partial charge is 0.493 e. The van der Waals surface area contributed by atoms with Crippen molar-refractivity contribution in [2.75, 3.05) is 6.61 Å². The summed E-state index contributed by atoms with van der Waals surface area (Å²) in [6.45, 7) is 2.28. The summed E-state index contributed by atoms with van der Waals surface area (Å²) >= 11 is 0. The van der Waals surface area contributed by atoms with E-state index in [1.165, 1.54) is 25.1 Å². The van der Waals surface area contributed by atoms with Gasteiger partial charge >= 0.3 is 18.0 Å². The van der Waals surface area contributed by atoms with Crippen molar-refractivity contribution in [1.82, 2.24) is 0 Å². The molecule has 0 radical (unpaired) electrons. The fraction of sp³-hybridized carbons (Fsp3) is 0.571. The van der Waals surface area contributed by atoms with Crippen LogP contribution in [0.2, 0.25) is 0 Å². The van der Waals surface area contributed by atoms with Crippen molar-refractivity contribution in [3.63, 3.8) is 0 Å². The minimum atomic E-state index is -6.23. The van der Waals surface area contributed by atoms with Gasteiger partial charge in [-0.2, -0.15) is 26.3 Å². The Morgan fingerprint density at radius 1 is 0.957 bits per heavy atom. The van der Waals surface area contributed by atoms with Gasteiger partial charge in [-0.25, -0.2) is 4.39 Å². The predicted octanol–water partition coefficient (Wildman–Crippen LogP) is 4.52. The number of hydrogen-bond donors (Lipinski definition) is 1. The van der Waals surface area contributed by atoms with Crippen LogP contribution in [-0.4, -0.2) is 29.7 Å². The van der Waals surface area contributed by atoms with Gasteiger partial charge in [0.05, 0.1) is 12.2 Å². The summed E-state index contributed by atoms with van der Waals surface area (Å²) in [6.07, 6.45) is -14.7. The molecule has 0 aromatic heterocycles. The van der Waals surface area contributed by atoms with Crippen LogP contribution in [0.1, 0.15) is 25.8 Å². The lowest BCUT2D eigenvalue weighted by Gasteiger charge is -2.36. The quantitative estimate of drug-likeness (QED) is 0.793. The molecule has 0 saturated carbocycles. The molecule has 1 aromatic carbocycles. The average Bonchev–Trinajstić information content (AvgIpc) is 2.36. The third-order valence-corrected chi connectivity index (χ3v) is 3.25. The molecule has 1 rings (SSSR count). The van der Waals surface area contributed by atoms with Gasteiger partial charge in [0.25, 0.3) is 0 Å². The van der Waals surface area contributed by atoms with Crippen LogP contribution in [0.25, 0.3) is 0 Å². The van der Waals surface area contributed by atoms with Crippen molar-refractivity contribution >= 4 is 0 Å². The van der Waals surface area contributed by atoms with Crippen LogP contribution < -0.4 is 4.74 Å². The highest BCUT2D eigenvalue weighted by Gasteiger charge is 2.73. The summed E-state index contributed by atoms with van der Waals surface area (Å²) in [6, 6.07) is 5.04. The average molecular weight is 348 g/mol. The smallest absolute Gasteiger partial charge is 0.431 e. The maximum atomic E-state index is 13.9. The second-order valence-corrected chi connectivity index (χ2v) is 5.18. The Kier molecular flexibility index (Phi) is 5.25. The third kappa shape index (κ3) is 3.88. The van der Waals surface area contributed by atoms with Gasteiger partial charge in [-0.1, -0.05) is 18.2 Å². The van der Waals surface area contributed by atoms with Crippen molar-refractivity contribution < 1.29 is 40.6 Å². The molecule has 1 unspecified atom stereocenters. The molecular weight excluding hydrogens is 333 g/mol. The maximum Gasteiger partial charge on any atom is 0.431 e. The van der Waals surface area contributed by atoms with Gasteiger partial charge in [0.1, 0.15) is 5.75 Å². The zero-order chi connectivity index (χ0) is 18.1. The van der Waals surface area contributed by atoms with Crippen LogP contribution in [0.5, 0.6) is 5.75 Å². The fourth-order valence-electron chi connectivity index (χ4n) is 2.12. The first kappa shape index (κ1) is 19.5. The van der Waals surface area contributed by atoms with E-state index in [1.807, 2.05) is 0 Å². The van der Waals surface area contributed by atoms with Crippen LogP contribution in [0.4, 0.5) is 30.7 Å². The molecule has 0 spiro atoms. The van der Waals surface area contributed by atoms with Crippen LogP contribution in [0.15, 0.2) is 24.3 Å². The van der Waals surface area contributed by atoms with Gasteiger partial charge in [0, 0.05) is 12.0 Å². The summed E-state index contributed by atoms with van der Waals surface area (Å²) < 4.78 is 94.9. The first-order valence-corrected chi connectivity index (χ1v) is 6.53. The molecule has 1 aromatic rings. The molecule has 0 heterocycles. The first-order chi connectivity index (χ1) is 10.3.